The van der Waals surface area contributed by atoms with Gasteiger partial charge in [-0.1, -0.05) is 0 Å². The summed E-state index contributed by atoms with van der Waals surface area (Å²) in [6.07, 6.45) is 0. The summed E-state index contributed by atoms with van der Waals surface area (Å²) in [5.74, 6) is 0. The van der Waals surface area contributed by atoms with Crippen molar-refractivity contribution in [2.45, 2.75) is 0 Å². The van der Waals surface area contributed by atoms with Crippen molar-refractivity contribution in [2.75, 3.05) is 0 Å². The average Bonchev–Trinajstić information content (AvgIpc) is 0.811. The molecular weight excluding hydrogens is 346 g/mol. The minimum Gasteiger partial charge on any atom is -0.469 e. The minimum absolute atomic E-state index is 0. The molecule has 0 saturated carbocycles. The van der Waals surface area contributed by atoms with Crippen LogP contribution >= 0.6 is 11.6 Å². The third-order valence-electron chi connectivity index (χ3n) is 0. The summed E-state index contributed by atoms with van der Waals surface area (Å²) in [6.45, 7) is 0. The maximum absolute atomic E-state index is 8.77. The monoisotopic (exact) mass is 347 g/mol. The van der Waals surface area contributed by atoms with E-state index in [0.717, 1.165) is 0 Å². The second kappa shape index (κ2) is 2.76. The van der Waals surface area contributed by atoms with Crippen molar-refractivity contribution in [1.29, 1.82) is 0 Å². The van der Waals surface area contributed by atoms with Crippen LogP contribution in [0.25, 0.3) is 0 Å². The van der Waals surface area contributed by atoms with E-state index in [1.807, 2.05) is 0 Å². The van der Waals surface area contributed by atoms with E-state index in [1.54, 1.807) is 0 Å². The third-order valence-corrected chi connectivity index (χ3v) is 0. The van der Waals surface area contributed by atoms with Crippen LogP contribution in [0.4, 0.5) is 4.79 Å². The Balaban J connectivity index is 0. The van der Waals surface area contributed by atoms with E-state index in [0.29, 0.717) is 0 Å². The van der Waals surface area contributed by atoms with Gasteiger partial charge in [-0.15, -0.1) is 0 Å². The van der Waals surface area contributed by atoms with Crippen molar-refractivity contribution in [2.24, 2.45) is 0 Å². The Bertz CT molecular complexity index is 32.6. The summed E-state index contributed by atoms with van der Waals surface area (Å²) in [5, 5.41) is 7.18. The Hall–Kier alpha value is -1.24. The van der Waals surface area contributed by atoms with Gasteiger partial charge in [0.05, 0.1) is 0 Å². The van der Waals surface area contributed by atoms with Crippen LogP contribution in [0, 0.1) is 0 Å². The topological polar surface area (TPSA) is 37.3 Å². The zero-order valence-electron chi connectivity index (χ0n) is 2.44. The average molecular weight is 347 g/mol. The Labute approximate surface area is 28.0 Å². The molecule has 0 atom stereocenters. The van der Waals surface area contributed by atoms with Crippen molar-refractivity contribution in [1.82, 2.24) is 0 Å². The van der Waals surface area contributed by atoms with E-state index < -0.39 is 5.43 Å². The fourth-order valence-electron chi connectivity index (χ4n) is 0. The van der Waals surface area contributed by atoms with Crippen LogP contribution < -0.4 is 0 Å². The van der Waals surface area contributed by atoms with Crippen LogP contribution in [0.3, 0.4) is 0 Å². The van der Waals surface area contributed by atoms with Gasteiger partial charge in [0.25, 0.3) is 0 Å². The van der Waals surface area contributed by atoms with E-state index in [9.17, 15) is 0 Å². The van der Waals surface area contributed by atoms with Gasteiger partial charge in [0.2, 0.25) is 0 Å². The van der Waals surface area contributed by atoms with Gasteiger partial charge in [-0.2, -0.15) is 0 Å². The fraction of sp³-hybridized carbons (Fsp3) is 0. The van der Waals surface area contributed by atoms with E-state index in [2.05, 4.69) is 11.6 Å². The number of rotatable bonds is 0. The molecule has 0 aliphatic rings. The van der Waals surface area contributed by atoms with Gasteiger partial charge < -0.3 is 5.11 Å². The molecule has 0 rings (SSSR count). The minimum atomic E-state index is -1.36. The SMILES string of the molecule is O=C(O)Cl.[Rf]. The van der Waals surface area contributed by atoms with Gasteiger partial charge in [0, 0.05) is 11.6 Å². The normalized spacial score (nSPS) is 5.00. The molecule has 0 aliphatic heterocycles. The number of halogens is 1. The van der Waals surface area contributed by atoms with Crippen LogP contribution in [-0.4, -0.2) is 10.5 Å². The molecule has 0 spiro atoms. The van der Waals surface area contributed by atoms with Crippen molar-refractivity contribution >= 4 is 17.0 Å². The molecule has 0 aromatic heterocycles. The van der Waals surface area contributed by atoms with Crippen molar-refractivity contribution < 1.29 is 9.90 Å². The van der Waals surface area contributed by atoms with Gasteiger partial charge in [-0.25, -0.2) is 4.79 Å². The second-order valence-corrected chi connectivity index (χ2v) is 0.576. The standard InChI is InChI=1S/CHClO2.Rf/c2-1(3)4;/h(H,3,4);. The molecule has 4 heteroatoms. The van der Waals surface area contributed by atoms with E-state index >= 15 is 0 Å². The Morgan fingerprint density at radius 2 is 1.80 bits per heavy atom. The largest absolute Gasteiger partial charge is 0.469 e. The van der Waals surface area contributed by atoms with Crippen molar-refractivity contribution in [3.8, 4) is 0 Å². The molecule has 0 unspecified atom stereocenters. The summed E-state index contributed by atoms with van der Waals surface area (Å²) < 4.78 is 0. The molecule has 0 amide bonds. The van der Waals surface area contributed by atoms with Crippen LogP contribution in [0.15, 0.2) is 0 Å². The molecule has 0 bridgehead atoms. The van der Waals surface area contributed by atoms with Gasteiger partial charge in [0.1, 0.15) is 0 Å². The molecule has 0 aliphatic carbocycles. The van der Waals surface area contributed by atoms with Crippen LogP contribution in [0.1, 0.15) is 0 Å². The first kappa shape index (κ1) is 9.25. The molecule has 0 saturated heterocycles. The quantitative estimate of drug-likeness (QED) is 0.661. The molecule has 1 N–H and O–H groups in total. The van der Waals surface area contributed by atoms with Crippen molar-refractivity contribution in [3.63, 3.8) is 0 Å². The molecule has 26 valence electrons. The third kappa shape index (κ3) is 1.04. The zero-order chi connectivity index (χ0) is 3.58. The van der Waals surface area contributed by atoms with E-state index in [-0.39, 0.29) is 0 Å². The van der Waals surface area contributed by atoms with Crippen LogP contribution in [0.5, 0.6) is 0 Å². The maximum atomic E-state index is 8.77. The molecule has 2 nitrogen and oxygen atoms in total. The first-order chi connectivity index (χ1) is 1.73. The van der Waals surface area contributed by atoms with Gasteiger partial charge in [-0.05, 0) is 0 Å². The van der Waals surface area contributed by atoms with E-state index in [4.69, 9.17) is 9.90 Å². The first-order valence-corrected chi connectivity index (χ1v) is 0.995. The maximum Gasteiger partial charge on any atom is 0.401 e. The number of carboxylic acid groups (broad SMARTS) is 1. The van der Waals surface area contributed by atoms with Crippen LogP contribution in [0.2, 0.25) is 0 Å². The zero-order valence-corrected chi connectivity index (χ0v) is 9.60. The summed E-state index contributed by atoms with van der Waals surface area (Å²) in [4.78, 5) is 8.77. The molecule has 0 aromatic rings. The van der Waals surface area contributed by atoms with Crippen LogP contribution in [-0.2, 0) is 0 Å². The smallest absolute Gasteiger partial charge is 0.401 e. The number of hydrogen-bond donors (Lipinski definition) is 1. The summed E-state index contributed by atoms with van der Waals surface area (Å²) in [5.41, 5.74) is -1.36. The molecule has 0 heterocycles. The first-order valence-electron chi connectivity index (χ1n) is 0.617. The predicted octanol–water partition coefficient (Wildman–Crippen LogP) is 0.903. The van der Waals surface area contributed by atoms with Gasteiger partial charge in [0.15, 0.2) is 0 Å². The molecule has 0 radical (unpaired) electrons. The Morgan fingerprint density at radius 3 is 1.80 bits per heavy atom. The summed E-state index contributed by atoms with van der Waals surface area (Å²) in [6, 6.07) is 0. The number of carbonyl (C=O) groups is 1. The second-order valence-electron chi connectivity index (χ2n) is 0.253. The summed E-state index contributed by atoms with van der Waals surface area (Å²) >= 11 is 4.19. The van der Waals surface area contributed by atoms with Gasteiger partial charge in [-0.3, -0.25) is 0 Å². The molecule has 0 fully saturated rings. The number of hydrogen-bond acceptors (Lipinski definition) is 1. The molecule has 5 heavy (non-hydrogen) atoms. The fourth-order valence-corrected chi connectivity index (χ4v) is 0. The Kier molecular flexibility index (Phi) is 5.10. The molecular formula is CHClO2Rf. The van der Waals surface area contributed by atoms with Crippen molar-refractivity contribution in [3.05, 3.63) is 0 Å². The van der Waals surface area contributed by atoms with Gasteiger partial charge >= 0.3 is 5.43 Å². The summed E-state index contributed by atoms with van der Waals surface area (Å²) in [7, 11) is 0. The Morgan fingerprint density at radius 1 is 1.80 bits per heavy atom. The predicted molar refractivity (Wildman–Crippen MR) is 13.9 cm³/mol. The van der Waals surface area contributed by atoms with E-state index in [1.165, 1.54) is 0 Å². The molecule has 0 aromatic carbocycles.